The Morgan fingerprint density at radius 3 is 2.81 bits per heavy atom. The largest absolute Gasteiger partial charge is 0.392 e. The molecule has 1 N–H and O–H groups in total. The quantitative estimate of drug-likeness (QED) is 0.826. The first-order valence-electron chi connectivity index (χ1n) is 5.70. The second-order valence-electron chi connectivity index (χ2n) is 4.54. The fourth-order valence-electron chi connectivity index (χ4n) is 1.90. The van der Waals surface area contributed by atoms with E-state index in [9.17, 15) is 9.90 Å². The van der Waals surface area contributed by atoms with Crippen molar-refractivity contribution in [3.05, 3.63) is 24.0 Å². The average Bonchev–Trinajstić information content (AvgIpc) is 2.97. The van der Waals surface area contributed by atoms with Crippen LogP contribution in [-0.2, 0) is 7.05 Å². The zero-order valence-corrected chi connectivity index (χ0v) is 9.76. The lowest BCUT2D eigenvalue weighted by Gasteiger charge is -2.24. The van der Waals surface area contributed by atoms with E-state index in [1.165, 1.54) is 0 Å². The van der Waals surface area contributed by atoms with Crippen LogP contribution in [0.5, 0.6) is 0 Å². The Hall–Kier alpha value is -1.29. The Morgan fingerprint density at radius 1 is 1.69 bits per heavy atom. The number of aryl methyl sites for hydroxylation is 1. The van der Waals surface area contributed by atoms with E-state index in [0.717, 1.165) is 12.8 Å². The fourth-order valence-corrected chi connectivity index (χ4v) is 1.90. The van der Waals surface area contributed by atoms with E-state index < -0.39 is 6.10 Å². The summed E-state index contributed by atoms with van der Waals surface area (Å²) in [5, 5.41) is 9.41. The van der Waals surface area contributed by atoms with Gasteiger partial charge in [0, 0.05) is 25.8 Å². The van der Waals surface area contributed by atoms with Crippen molar-refractivity contribution >= 4 is 5.91 Å². The maximum Gasteiger partial charge on any atom is 0.270 e. The molecule has 1 saturated carbocycles. The zero-order valence-electron chi connectivity index (χ0n) is 9.76. The summed E-state index contributed by atoms with van der Waals surface area (Å²) in [6.45, 7) is 2.14. The molecule has 1 unspecified atom stereocenters. The smallest absolute Gasteiger partial charge is 0.270 e. The van der Waals surface area contributed by atoms with E-state index in [1.807, 2.05) is 29.9 Å². The summed E-state index contributed by atoms with van der Waals surface area (Å²) in [7, 11) is 1.86. The number of carbonyl (C=O) groups is 1. The molecule has 16 heavy (non-hydrogen) atoms. The van der Waals surface area contributed by atoms with Gasteiger partial charge in [-0.05, 0) is 31.9 Å². The van der Waals surface area contributed by atoms with Gasteiger partial charge in [0.25, 0.3) is 5.91 Å². The summed E-state index contributed by atoms with van der Waals surface area (Å²) in [4.78, 5) is 14.0. The zero-order chi connectivity index (χ0) is 11.7. The lowest BCUT2D eigenvalue weighted by Crippen LogP contribution is -2.39. The summed E-state index contributed by atoms with van der Waals surface area (Å²) >= 11 is 0. The molecular formula is C12H18N2O2. The van der Waals surface area contributed by atoms with Gasteiger partial charge in [-0.2, -0.15) is 0 Å². The van der Waals surface area contributed by atoms with E-state index in [2.05, 4.69) is 0 Å². The summed E-state index contributed by atoms with van der Waals surface area (Å²) in [5.41, 5.74) is 0.688. The molecule has 1 fully saturated rings. The number of rotatable bonds is 4. The van der Waals surface area contributed by atoms with Crippen LogP contribution in [0.3, 0.4) is 0 Å². The lowest BCUT2D eigenvalue weighted by atomic mass is 10.3. The van der Waals surface area contributed by atoms with E-state index in [1.54, 1.807) is 11.8 Å². The monoisotopic (exact) mass is 222 g/mol. The molecule has 88 valence electrons. The van der Waals surface area contributed by atoms with Crippen molar-refractivity contribution in [2.45, 2.75) is 31.9 Å². The van der Waals surface area contributed by atoms with E-state index in [4.69, 9.17) is 0 Å². The first-order chi connectivity index (χ1) is 7.59. The molecule has 0 radical (unpaired) electrons. The van der Waals surface area contributed by atoms with Crippen molar-refractivity contribution in [2.75, 3.05) is 6.54 Å². The Kier molecular flexibility index (Phi) is 3.01. The molecule has 4 nitrogen and oxygen atoms in total. The highest BCUT2D eigenvalue weighted by Gasteiger charge is 2.34. The van der Waals surface area contributed by atoms with Crippen molar-refractivity contribution in [1.82, 2.24) is 9.47 Å². The van der Waals surface area contributed by atoms with Crippen LogP contribution in [0, 0.1) is 0 Å². The number of hydrogen-bond donors (Lipinski definition) is 1. The first kappa shape index (κ1) is 11.2. The lowest BCUT2D eigenvalue weighted by molar-refractivity contribution is 0.0621. The fraction of sp³-hybridized carbons (Fsp3) is 0.583. The molecule has 1 atom stereocenters. The van der Waals surface area contributed by atoms with Gasteiger partial charge in [0.15, 0.2) is 0 Å². The number of carbonyl (C=O) groups excluding carboxylic acids is 1. The Morgan fingerprint density at radius 2 is 2.38 bits per heavy atom. The van der Waals surface area contributed by atoms with Crippen LogP contribution in [0.25, 0.3) is 0 Å². The van der Waals surface area contributed by atoms with E-state index in [-0.39, 0.29) is 5.91 Å². The standard InChI is InChI=1S/C12H18N2O2/c1-9(15)8-14(10-5-6-10)12(16)11-4-3-7-13(11)2/h3-4,7,9-10,15H,5-6,8H2,1-2H3. The minimum Gasteiger partial charge on any atom is -0.392 e. The second kappa shape index (κ2) is 4.29. The SMILES string of the molecule is CC(O)CN(C(=O)c1cccn1C)C1CC1. The molecule has 0 aromatic carbocycles. The van der Waals surface area contributed by atoms with E-state index >= 15 is 0 Å². The van der Waals surface area contributed by atoms with Gasteiger partial charge in [-0.1, -0.05) is 0 Å². The van der Waals surface area contributed by atoms with Crippen LogP contribution >= 0.6 is 0 Å². The molecule has 0 spiro atoms. The minimum atomic E-state index is -0.468. The number of aromatic nitrogens is 1. The van der Waals surface area contributed by atoms with Crippen molar-refractivity contribution in [2.24, 2.45) is 7.05 Å². The van der Waals surface area contributed by atoms with Gasteiger partial charge >= 0.3 is 0 Å². The third kappa shape index (κ3) is 2.27. The molecule has 1 aromatic heterocycles. The van der Waals surface area contributed by atoms with Gasteiger partial charge in [0.05, 0.1) is 6.10 Å². The highest BCUT2D eigenvalue weighted by molar-refractivity contribution is 5.93. The summed E-state index contributed by atoms with van der Waals surface area (Å²) in [6.07, 6.45) is 3.51. The Labute approximate surface area is 95.5 Å². The van der Waals surface area contributed by atoms with Crippen LogP contribution in [0.2, 0.25) is 0 Å². The predicted octanol–water partition coefficient (Wildman–Crippen LogP) is 1.01. The van der Waals surface area contributed by atoms with Crippen molar-refractivity contribution in [1.29, 1.82) is 0 Å². The topological polar surface area (TPSA) is 45.5 Å². The predicted molar refractivity (Wildman–Crippen MR) is 61.2 cm³/mol. The van der Waals surface area contributed by atoms with Crippen molar-refractivity contribution in [3.8, 4) is 0 Å². The molecule has 0 bridgehead atoms. The molecule has 1 amide bonds. The molecule has 0 saturated heterocycles. The van der Waals surface area contributed by atoms with Gasteiger partial charge in [-0.25, -0.2) is 0 Å². The Bertz CT molecular complexity index is 380. The van der Waals surface area contributed by atoms with Crippen LogP contribution < -0.4 is 0 Å². The van der Waals surface area contributed by atoms with Crippen LogP contribution in [0.15, 0.2) is 18.3 Å². The van der Waals surface area contributed by atoms with Gasteiger partial charge in [0.1, 0.15) is 5.69 Å². The van der Waals surface area contributed by atoms with Crippen LogP contribution in [-0.4, -0.2) is 39.2 Å². The molecule has 1 heterocycles. The van der Waals surface area contributed by atoms with Gasteiger partial charge in [0.2, 0.25) is 0 Å². The number of amides is 1. The highest BCUT2D eigenvalue weighted by Crippen LogP contribution is 2.28. The van der Waals surface area contributed by atoms with Crippen LogP contribution in [0.4, 0.5) is 0 Å². The maximum atomic E-state index is 12.2. The normalized spacial score (nSPS) is 17.2. The van der Waals surface area contributed by atoms with Gasteiger partial charge < -0.3 is 14.6 Å². The second-order valence-corrected chi connectivity index (χ2v) is 4.54. The average molecular weight is 222 g/mol. The molecular weight excluding hydrogens is 204 g/mol. The summed E-state index contributed by atoms with van der Waals surface area (Å²) in [5.74, 6) is 0.0240. The molecule has 1 aliphatic rings. The summed E-state index contributed by atoms with van der Waals surface area (Å²) in [6, 6.07) is 4.01. The molecule has 1 aromatic rings. The third-order valence-corrected chi connectivity index (χ3v) is 2.87. The van der Waals surface area contributed by atoms with Crippen molar-refractivity contribution in [3.63, 3.8) is 0 Å². The van der Waals surface area contributed by atoms with Gasteiger partial charge in [-0.15, -0.1) is 0 Å². The molecule has 0 aliphatic heterocycles. The number of hydrogen-bond acceptors (Lipinski definition) is 2. The van der Waals surface area contributed by atoms with Crippen LogP contribution in [0.1, 0.15) is 30.3 Å². The molecule has 1 aliphatic carbocycles. The number of aliphatic hydroxyl groups is 1. The summed E-state index contributed by atoms with van der Waals surface area (Å²) < 4.78 is 1.82. The molecule has 2 rings (SSSR count). The number of nitrogens with zero attached hydrogens (tertiary/aromatic N) is 2. The molecule has 4 heteroatoms. The van der Waals surface area contributed by atoms with Gasteiger partial charge in [-0.3, -0.25) is 4.79 Å². The Balaban J connectivity index is 2.14. The highest BCUT2D eigenvalue weighted by atomic mass is 16.3. The number of aliphatic hydroxyl groups excluding tert-OH is 1. The minimum absolute atomic E-state index is 0.0240. The first-order valence-corrected chi connectivity index (χ1v) is 5.70. The third-order valence-electron chi connectivity index (χ3n) is 2.87. The maximum absolute atomic E-state index is 12.2. The van der Waals surface area contributed by atoms with E-state index in [0.29, 0.717) is 18.3 Å². The van der Waals surface area contributed by atoms with Crippen molar-refractivity contribution < 1.29 is 9.90 Å².